The summed E-state index contributed by atoms with van der Waals surface area (Å²) in [5.74, 6) is 0.630. The van der Waals surface area contributed by atoms with Crippen LogP contribution < -0.4 is 0 Å². The molecule has 0 aliphatic heterocycles. The Kier molecular flexibility index (Phi) is 4.17. The van der Waals surface area contributed by atoms with E-state index in [2.05, 4.69) is 39.3 Å². The third kappa shape index (κ3) is 2.42. The molecule has 1 unspecified atom stereocenters. The fourth-order valence-electron chi connectivity index (χ4n) is 0.815. The van der Waals surface area contributed by atoms with E-state index in [4.69, 9.17) is 0 Å². The topological polar surface area (TPSA) is 3.24 Å². The lowest BCUT2D eigenvalue weighted by molar-refractivity contribution is 0.381. The standard InChI is InChI=1S/C9H19N/c1-6-8(3)9(4)10(5)7-2/h8H,4,6-7H2,1-3,5H3. The van der Waals surface area contributed by atoms with Gasteiger partial charge >= 0.3 is 0 Å². The lowest BCUT2D eigenvalue weighted by Crippen LogP contribution is -2.20. The number of allylic oxidation sites excluding steroid dienone is 1. The lowest BCUT2D eigenvalue weighted by Gasteiger charge is -2.23. The van der Waals surface area contributed by atoms with Crippen LogP contribution in [0.15, 0.2) is 12.3 Å². The summed E-state index contributed by atoms with van der Waals surface area (Å²) in [6, 6.07) is 0. The van der Waals surface area contributed by atoms with Gasteiger partial charge in [-0.15, -0.1) is 0 Å². The van der Waals surface area contributed by atoms with Gasteiger partial charge in [0.25, 0.3) is 0 Å². The molecule has 1 atom stereocenters. The molecule has 0 aromatic carbocycles. The van der Waals surface area contributed by atoms with Gasteiger partial charge in [-0.25, -0.2) is 0 Å². The number of hydrogen-bond acceptors (Lipinski definition) is 1. The highest BCUT2D eigenvalue weighted by Gasteiger charge is 2.06. The monoisotopic (exact) mass is 141 g/mol. The van der Waals surface area contributed by atoms with Crippen LogP contribution in [0.1, 0.15) is 27.2 Å². The SMILES string of the molecule is C=C(C(C)CC)N(C)CC. The van der Waals surface area contributed by atoms with Crippen molar-refractivity contribution >= 4 is 0 Å². The largest absolute Gasteiger partial charge is 0.378 e. The van der Waals surface area contributed by atoms with Crippen LogP contribution in [0, 0.1) is 5.92 Å². The first kappa shape index (κ1) is 9.54. The second-order valence-corrected chi connectivity index (χ2v) is 2.81. The van der Waals surface area contributed by atoms with Crippen LogP contribution in [0.5, 0.6) is 0 Å². The molecule has 0 spiro atoms. The minimum atomic E-state index is 0.630. The highest BCUT2D eigenvalue weighted by atomic mass is 15.1. The first-order chi connectivity index (χ1) is 4.63. The van der Waals surface area contributed by atoms with E-state index in [1.54, 1.807) is 0 Å². The number of hydrogen-bond donors (Lipinski definition) is 0. The average Bonchev–Trinajstić information content (AvgIpc) is 2.00. The highest BCUT2D eigenvalue weighted by molar-refractivity contribution is 4.96. The van der Waals surface area contributed by atoms with Crippen LogP contribution >= 0.6 is 0 Å². The molecule has 0 amide bonds. The van der Waals surface area contributed by atoms with Crippen LogP contribution in [0.25, 0.3) is 0 Å². The van der Waals surface area contributed by atoms with Crippen molar-refractivity contribution in [1.29, 1.82) is 0 Å². The fraction of sp³-hybridized carbons (Fsp3) is 0.778. The summed E-state index contributed by atoms with van der Waals surface area (Å²) in [5, 5.41) is 0. The lowest BCUT2D eigenvalue weighted by atomic mass is 10.1. The van der Waals surface area contributed by atoms with Gasteiger partial charge in [0, 0.05) is 19.3 Å². The molecule has 0 saturated carbocycles. The molecule has 10 heavy (non-hydrogen) atoms. The van der Waals surface area contributed by atoms with Crippen molar-refractivity contribution in [3.8, 4) is 0 Å². The van der Waals surface area contributed by atoms with Gasteiger partial charge in [0.2, 0.25) is 0 Å². The van der Waals surface area contributed by atoms with Crippen LogP contribution in [0.2, 0.25) is 0 Å². The van der Waals surface area contributed by atoms with Crippen molar-refractivity contribution in [1.82, 2.24) is 4.90 Å². The second kappa shape index (κ2) is 4.37. The maximum Gasteiger partial charge on any atom is 0.0143 e. The van der Waals surface area contributed by atoms with E-state index in [0.717, 1.165) is 6.54 Å². The van der Waals surface area contributed by atoms with Gasteiger partial charge in [-0.2, -0.15) is 0 Å². The van der Waals surface area contributed by atoms with Gasteiger partial charge in [-0.1, -0.05) is 20.4 Å². The van der Waals surface area contributed by atoms with Gasteiger partial charge in [0.1, 0.15) is 0 Å². The molecule has 0 heterocycles. The predicted octanol–water partition coefficient (Wildman–Crippen LogP) is 2.50. The summed E-state index contributed by atoms with van der Waals surface area (Å²) in [4.78, 5) is 2.20. The summed E-state index contributed by atoms with van der Waals surface area (Å²) in [6.07, 6.45) is 1.18. The molecule has 0 bridgehead atoms. The second-order valence-electron chi connectivity index (χ2n) is 2.81. The van der Waals surface area contributed by atoms with Crippen molar-refractivity contribution in [2.45, 2.75) is 27.2 Å². The Labute approximate surface area is 64.7 Å². The normalized spacial score (nSPS) is 12.8. The van der Waals surface area contributed by atoms with Crippen LogP contribution in [-0.2, 0) is 0 Å². The van der Waals surface area contributed by atoms with E-state index in [-0.39, 0.29) is 0 Å². The van der Waals surface area contributed by atoms with Crippen molar-refractivity contribution in [2.75, 3.05) is 13.6 Å². The summed E-state index contributed by atoms with van der Waals surface area (Å²) >= 11 is 0. The average molecular weight is 141 g/mol. The smallest absolute Gasteiger partial charge is 0.0143 e. The van der Waals surface area contributed by atoms with Crippen molar-refractivity contribution in [2.24, 2.45) is 5.92 Å². The minimum Gasteiger partial charge on any atom is -0.378 e. The summed E-state index contributed by atoms with van der Waals surface area (Å²) in [7, 11) is 2.09. The maximum absolute atomic E-state index is 4.02. The molecule has 0 aromatic heterocycles. The molecule has 0 saturated heterocycles. The zero-order valence-corrected chi connectivity index (χ0v) is 7.65. The molecule has 0 aliphatic carbocycles. The first-order valence-corrected chi connectivity index (χ1v) is 4.03. The minimum absolute atomic E-state index is 0.630. The third-order valence-corrected chi connectivity index (χ3v) is 2.15. The molecule has 0 rings (SSSR count). The van der Waals surface area contributed by atoms with Crippen LogP contribution in [-0.4, -0.2) is 18.5 Å². The molecule has 0 fully saturated rings. The van der Waals surface area contributed by atoms with Gasteiger partial charge in [0.15, 0.2) is 0 Å². The van der Waals surface area contributed by atoms with Crippen molar-refractivity contribution in [3.63, 3.8) is 0 Å². The van der Waals surface area contributed by atoms with Gasteiger partial charge in [-0.05, 0) is 19.3 Å². The Bertz CT molecular complexity index is 95.3. The van der Waals surface area contributed by atoms with E-state index < -0.39 is 0 Å². The molecule has 0 aliphatic rings. The van der Waals surface area contributed by atoms with Gasteiger partial charge in [-0.3, -0.25) is 0 Å². The van der Waals surface area contributed by atoms with Gasteiger partial charge in [0.05, 0.1) is 0 Å². The van der Waals surface area contributed by atoms with Crippen LogP contribution in [0.3, 0.4) is 0 Å². The van der Waals surface area contributed by atoms with Crippen molar-refractivity contribution in [3.05, 3.63) is 12.3 Å². The zero-order valence-electron chi connectivity index (χ0n) is 7.65. The molecule has 0 aromatic rings. The maximum atomic E-state index is 4.02. The van der Waals surface area contributed by atoms with E-state index >= 15 is 0 Å². The van der Waals surface area contributed by atoms with Gasteiger partial charge < -0.3 is 4.90 Å². The molecular weight excluding hydrogens is 122 g/mol. The predicted molar refractivity (Wildman–Crippen MR) is 46.9 cm³/mol. The Morgan fingerprint density at radius 3 is 2.30 bits per heavy atom. The fourth-order valence-corrected chi connectivity index (χ4v) is 0.815. The molecule has 60 valence electrons. The highest BCUT2D eigenvalue weighted by Crippen LogP contribution is 2.14. The summed E-state index contributed by atoms with van der Waals surface area (Å²) < 4.78 is 0. The molecule has 0 radical (unpaired) electrons. The molecule has 1 heteroatoms. The van der Waals surface area contributed by atoms with E-state index in [1.165, 1.54) is 12.1 Å². The quantitative estimate of drug-likeness (QED) is 0.581. The molecule has 1 nitrogen and oxygen atoms in total. The van der Waals surface area contributed by atoms with E-state index in [0.29, 0.717) is 5.92 Å². The van der Waals surface area contributed by atoms with Crippen LogP contribution in [0.4, 0.5) is 0 Å². The molecule has 0 N–H and O–H groups in total. The van der Waals surface area contributed by atoms with E-state index in [1.807, 2.05) is 0 Å². The number of rotatable bonds is 4. The Morgan fingerprint density at radius 2 is 2.00 bits per heavy atom. The Morgan fingerprint density at radius 1 is 1.50 bits per heavy atom. The first-order valence-electron chi connectivity index (χ1n) is 4.03. The Hall–Kier alpha value is -0.460. The van der Waals surface area contributed by atoms with Crippen molar-refractivity contribution < 1.29 is 0 Å². The van der Waals surface area contributed by atoms with E-state index in [9.17, 15) is 0 Å². The Balaban J connectivity index is 3.82. The number of nitrogens with zero attached hydrogens (tertiary/aromatic N) is 1. The zero-order chi connectivity index (χ0) is 8.15. The third-order valence-electron chi connectivity index (χ3n) is 2.15. The summed E-state index contributed by atoms with van der Waals surface area (Å²) in [5.41, 5.74) is 1.25. The summed E-state index contributed by atoms with van der Waals surface area (Å²) in [6.45, 7) is 11.6. The molecular formula is C9H19N.